The van der Waals surface area contributed by atoms with Gasteiger partial charge < -0.3 is 29.9 Å². The van der Waals surface area contributed by atoms with E-state index >= 15 is 0 Å². The van der Waals surface area contributed by atoms with E-state index in [1.165, 1.54) is 25.2 Å². The first kappa shape index (κ1) is 35.2. The van der Waals surface area contributed by atoms with Gasteiger partial charge >= 0.3 is 5.97 Å². The maximum absolute atomic E-state index is 12.0. The minimum atomic E-state index is -1.37. The Morgan fingerprint density at radius 2 is 1.98 bits per heavy atom. The van der Waals surface area contributed by atoms with Gasteiger partial charge in [-0.3, -0.25) is 4.79 Å². The summed E-state index contributed by atoms with van der Waals surface area (Å²) in [5, 5.41) is 24.3. The molecular weight excluding hydrogens is 580 g/mol. The number of methoxy groups -OCH3 is 1. The van der Waals surface area contributed by atoms with Gasteiger partial charge in [-0.25, -0.2) is 4.79 Å². The number of amides is 1. The van der Waals surface area contributed by atoms with Gasteiger partial charge in [-0.15, -0.1) is 13.2 Å². The van der Waals surface area contributed by atoms with Crippen LogP contribution in [0.3, 0.4) is 0 Å². The highest BCUT2D eigenvalue weighted by molar-refractivity contribution is 6.30. The van der Waals surface area contributed by atoms with Crippen LogP contribution < -0.4 is 15.0 Å². The highest BCUT2D eigenvalue weighted by Gasteiger charge is 2.38. The number of carbonyl (C=O) groups excluding carboxylic acids is 2. The van der Waals surface area contributed by atoms with Crippen LogP contribution in [-0.2, 0) is 20.7 Å². The number of nitrogens with one attached hydrogen (secondary N) is 1. The third kappa shape index (κ3) is 9.34. The summed E-state index contributed by atoms with van der Waals surface area (Å²) in [4.78, 5) is 24.5. The zero-order chi connectivity index (χ0) is 32.2. The molecule has 5 unspecified atom stereocenters. The second-order valence-corrected chi connectivity index (χ2v) is 11.9. The van der Waals surface area contributed by atoms with Crippen molar-refractivity contribution < 1.29 is 29.3 Å². The predicted molar refractivity (Wildman–Crippen MR) is 175 cm³/mol. The fourth-order valence-corrected chi connectivity index (χ4v) is 6.02. The van der Waals surface area contributed by atoms with E-state index in [4.69, 9.17) is 21.1 Å². The average Bonchev–Trinajstić information content (AvgIpc) is 3.18. The molecule has 1 aliphatic heterocycles. The Kier molecular flexibility index (Phi) is 13.8. The molecule has 2 aliphatic rings. The lowest BCUT2D eigenvalue weighted by molar-refractivity contribution is -0.150. The minimum absolute atomic E-state index is 0.0202. The van der Waals surface area contributed by atoms with Crippen molar-refractivity contribution >= 4 is 29.2 Å². The topological polar surface area (TPSA) is 108 Å². The van der Waals surface area contributed by atoms with E-state index in [1.54, 1.807) is 18.2 Å². The van der Waals surface area contributed by atoms with Gasteiger partial charge in [0.05, 0.1) is 25.5 Å². The van der Waals surface area contributed by atoms with Crippen LogP contribution >= 0.6 is 11.6 Å². The molecule has 1 amide bonds. The number of aryl methyl sites for hydroxylation is 1. The molecule has 0 aromatic heterocycles. The molecule has 44 heavy (non-hydrogen) atoms. The van der Waals surface area contributed by atoms with Crippen molar-refractivity contribution in [2.75, 3.05) is 38.3 Å². The highest BCUT2D eigenvalue weighted by atomic mass is 35.5. The lowest BCUT2D eigenvalue weighted by Crippen LogP contribution is -2.43. The zero-order valence-electron chi connectivity index (χ0n) is 26.1. The number of ether oxygens (including phenoxy) is 2. The number of hydrogen-bond donors (Lipinski definition) is 3. The molecule has 1 heterocycles. The van der Waals surface area contributed by atoms with Crippen LogP contribution in [0.15, 0.2) is 61.7 Å². The molecule has 2 aromatic rings. The number of fused-ring (bicyclic) bond motifs is 1. The lowest BCUT2D eigenvalue weighted by atomic mass is 9.70. The summed E-state index contributed by atoms with van der Waals surface area (Å²) in [6.07, 6.45) is 6.30. The maximum atomic E-state index is 12.0. The van der Waals surface area contributed by atoms with Crippen molar-refractivity contribution in [3.8, 4) is 5.75 Å². The molecule has 3 N–H and O–H groups in total. The Morgan fingerprint density at radius 3 is 2.59 bits per heavy atom. The standard InChI is InChI=1S/C29H36ClNO5.C6H11NO/c1-4-6-18-13-22(30)9-11-23(18)21-16-31(15-20-7-10-24(20)26(32)5-2)25-14-19(28(33)29(34)35-3)8-12-27(25)36-17-21;1-3-4-5-7-6(2)8/h5,8-9,11-14,20-21,24,26,28,32-33H,2,4,6-7,10,15-17H2,1,3H3;3H,1,4-5H2,2H3,(H,7,8). The van der Waals surface area contributed by atoms with Gasteiger partial charge in [0.2, 0.25) is 5.91 Å². The number of aliphatic hydroxyl groups is 2. The minimum Gasteiger partial charge on any atom is -0.491 e. The molecule has 0 saturated heterocycles. The zero-order valence-corrected chi connectivity index (χ0v) is 26.9. The van der Waals surface area contributed by atoms with Crippen LogP contribution in [-0.4, -0.2) is 61.5 Å². The quantitative estimate of drug-likeness (QED) is 0.156. The molecule has 0 radical (unpaired) electrons. The summed E-state index contributed by atoms with van der Waals surface area (Å²) >= 11 is 6.33. The summed E-state index contributed by atoms with van der Waals surface area (Å²) in [6, 6.07) is 11.4. The van der Waals surface area contributed by atoms with Gasteiger partial charge in [-0.05, 0) is 78.5 Å². The third-order valence-electron chi connectivity index (χ3n) is 8.34. The normalized spacial score (nSPS) is 20.2. The van der Waals surface area contributed by atoms with Gasteiger partial charge in [0, 0.05) is 37.5 Å². The first-order chi connectivity index (χ1) is 21.1. The fourth-order valence-electron chi connectivity index (χ4n) is 5.83. The van der Waals surface area contributed by atoms with Crippen LogP contribution in [0.1, 0.15) is 68.2 Å². The molecule has 4 rings (SSSR count). The highest BCUT2D eigenvalue weighted by Crippen LogP contribution is 2.42. The Hall–Kier alpha value is -3.33. The predicted octanol–water partition coefficient (Wildman–Crippen LogP) is 5.75. The molecule has 0 bridgehead atoms. The molecule has 0 spiro atoms. The molecule has 9 heteroatoms. The van der Waals surface area contributed by atoms with Crippen LogP contribution in [0.4, 0.5) is 5.69 Å². The molecule has 1 fully saturated rings. The molecule has 1 aliphatic carbocycles. The summed E-state index contributed by atoms with van der Waals surface area (Å²) in [6.45, 7) is 13.6. The molecule has 8 nitrogen and oxygen atoms in total. The van der Waals surface area contributed by atoms with Crippen LogP contribution in [0.2, 0.25) is 5.02 Å². The first-order valence-electron chi connectivity index (χ1n) is 15.3. The number of rotatable bonds is 12. The van der Waals surface area contributed by atoms with E-state index < -0.39 is 18.2 Å². The van der Waals surface area contributed by atoms with Crippen molar-refractivity contribution in [2.24, 2.45) is 11.8 Å². The number of halogens is 1. The average molecular weight is 627 g/mol. The number of nitrogens with zero attached hydrogens (tertiary/aromatic N) is 1. The van der Waals surface area contributed by atoms with Gasteiger partial charge in [-0.1, -0.05) is 49.2 Å². The van der Waals surface area contributed by atoms with E-state index in [9.17, 15) is 19.8 Å². The van der Waals surface area contributed by atoms with E-state index in [1.807, 2.05) is 18.2 Å². The Labute approximate surface area is 266 Å². The smallest absolute Gasteiger partial charge is 0.339 e. The van der Waals surface area contributed by atoms with Gasteiger partial charge in [0.1, 0.15) is 5.75 Å². The van der Waals surface area contributed by atoms with Crippen LogP contribution in [0.25, 0.3) is 0 Å². The van der Waals surface area contributed by atoms with Gasteiger partial charge in [0.15, 0.2) is 6.10 Å². The third-order valence-corrected chi connectivity index (χ3v) is 8.58. The van der Waals surface area contributed by atoms with Crippen molar-refractivity contribution in [1.82, 2.24) is 5.32 Å². The van der Waals surface area contributed by atoms with Crippen molar-refractivity contribution in [3.05, 3.63) is 83.4 Å². The summed E-state index contributed by atoms with van der Waals surface area (Å²) < 4.78 is 11.1. The lowest BCUT2D eigenvalue weighted by Gasteiger charge is -2.42. The number of aliphatic hydroxyl groups excluding tert-OH is 2. The second-order valence-electron chi connectivity index (χ2n) is 11.4. The van der Waals surface area contributed by atoms with E-state index in [2.05, 4.69) is 42.4 Å². The van der Waals surface area contributed by atoms with E-state index in [0.717, 1.165) is 49.4 Å². The van der Waals surface area contributed by atoms with Crippen LogP contribution in [0.5, 0.6) is 5.75 Å². The Bertz CT molecular complexity index is 1280. The van der Waals surface area contributed by atoms with Crippen LogP contribution in [0, 0.1) is 11.8 Å². The second kappa shape index (κ2) is 17.2. The van der Waals surface area contributed by atoms with Gasteiger partial charge in [-0.2, -0.15) is 0 Å². The maximum Gasteiger partial charge on any atom is 0.339 e. The van der Waals surface area contributed by atoms with Crippen molar-refractivity contribution in [1.29, 1.82) is 0 Å². The number of hydrogen-bond acceptors (Lipinski definition) is 7. The summed E-state index contributed by atoms with van der Waals surface area (Å²) in [7, 11) is 1.26. The SMILES string of the molecule is C=CC(O)C1CCC1CN1CC(c2ccc(Cl)cc2CCC)COc2ccc(C(O)C(=O)OC)cc21.C=CCCNC(C)=O. The van der Waals surface area contributed by atoms with Crippen molar-refractivity contribution in [3.63, 3.8) is 0 Å². The molecule has 2 aromatic carbocycles. The van der Waals surface area contributed by atoms with Crippen molar-refractivity contribution in [2.45, 2.75) is 64.1 Å². The van der Waals surface area contributed by atoms with Gasteiger partial charge in [0.25, 0.3) is 0 Å². The number of carbonyl (C=O) groups is 2. The molecule has 5 atom stereocenters. The fraction of sp³-hybridized carbons (Fsp3) is 0.486. The van der Waals surface area contributed by atoms with E-state index in [0.29, 0.717) is 36.9 Å². The Morgan fingerprint density at radius 1 is 1.20 bits per heavy atom. The number of benzene rings is 2. The largest absolute Gasteiger partial charge is 0.491 e. The molecule has 240 valence electrons. The summed E-state index contributed by atoms with van der Waals surface area (Å²) in [5.41, 5.74) is 3.75. The summed E-state index contributed by atoms with van der Waals surface area (Å²) in [5.74, 6) is 0.611. The van der Waals surface area contributed by atoms with E-state index in [-0.39, 0.29) is 17.7 Å². The number of anilines is 1. The first-order valence-corrected chi connectivity index (χ1v) is 15.7. The Balaban J connectivity index is 0.000000583. The monoisotopic (exact) mass is 626 g/mol. The number of esters is 1. The molecular formula is C35H47ClN2O6. The molecule has 1 saturated carbocycles.